The molecule has 2 rings (SSSR count). The van der Waals surface area contributed by atoms with Gasteiger partial charge in [0.2, 0.25) is 0 Å². The van der Waals surface area contributed by atoms with Crippen LogP contribution in [-0.4, -0.2) is 13.1 Å². The molecule has 3 heteroatoms. The van der Waals surface area contributed by atoms with Gasteiger partial charge in [-0.2, -0.15) is 0 Å². The van der Waals surface area contributed by atoms with E-state index < -0.39 is 11.8 Å². The second kappa shape index (κ2) is 3.31. The van der Waals surface area contributed by atoms with Crippen molar-refractivity contribution in [3.05, 3.63) is 35.4 Å². The van der Waals surface area contributed by atoms with Crippen LogP contribution in [0.1, 0.15) is 11.1 Å². The molecule has 1 aliphatic heterocycles. The van der Waals surface area contributed by atoms with Crippen molar-refractivity contribution in [1.82, 2.24) is 5.32 Å². The lowest BCUT2D eigenvalue weighted by Gasteiger charge is -2.34. The number of hydrogen-bond donors (Lipinski definition) is 1. The topological polar surface area (TPSA) is 12.0 Å². The Morgan fingerprint density at radius 3 is 2.57 bits per heavy atom. The number of benzene rings is 1. The van der Waals surface area contributed by atoms with Crippen LogP contribution >= 0.6 is 0 Å². The molecule has 0 amide bonds. The van der Waals surface area contributed by atoms with Crippen LogP contribution in [-0.2, 0) is 5.92 Å². The van der Waals surface area contributed by atoms with E-state index in [4.69, 9.17) is 0 Å². The summed E-state index contributed by atoms with van der Waals surface area (Å²) in [6.07, 6.45) is 0. The smallest absolute Gasteiger partial charge is 0.278 e. The molecule has 14 heavy (non-hydrogen) atoms. The Kier molecular flexibility index (Phi) is 2.27. The number of alkyl halides is 2. The number of hydrogen-bond acceptors (Lipinski definition) is 1. The van der Waals surface area contributed by atoms with Crippen LogP contribution in [0.25, 0.3) is 0 Å². The maximum atomic E-state index is 13.7. The minimum atomic E-state index is -2.68. The molecule has 1 N–H and O–H groups in total. The monoisotopic (exact) mass is 197 g/mol. The molecule has 0 bridgehead atoms. The molecular weight excluding hydrogens is 184 g/mol. The van der Waals surface area contributed by atoms with Crippen molar-refractivity contribution in [2.45, 2.75) is 12.8 Å². The molecule has 0 aromatic heterocycles. The molecule has 1 aromatic rings. The summed E-state index contributed by atoms with van der Waals surface area (Å²) in [5.74, 6) is -3.22. The number of rotatable bonds is 2. The first-order valence-electron chi connectivity index (χ1n) is 4.76. The molecule has 0 radical (unpaired) electrons. The molecule has 1 fully saturated rings. The molecule has 1 heterocycles. The molecule has 0 spiro atoms. The first-order chi connectivity index (χ1) is 6.60. The molecule has 0 atom stereocenters. The van der Waals surface area contributed by atoms with Crippen LogP contribution < -0.4 is 5.32 Å². The highest BCUT2D eigenvalue weighted by Gasteiger charge is 2.44. The van der Waals surface area contributed by atoms with E-state index in [2.05, 4.69) is 5.32 Å². The van der Waals surface area contributed by atoms with Gasteiger partial charge in [-0.3, -0.25) is 0 Å². The van der Waals surface area contributed by atoms with Crippen molar-refractivity contribution in [2.24, 2.45) is 5.92 Å². The lowest BCUT2D eigenvalue weighted by molar-refractivity contribution is -0.0834. The van der Waals surface area contributed by atoms with Crippen LogP contribution in [0.4, 0.5) is 8.78 Å². The van der Waals surface area contributed by atoms with E-state index in [-0.39, 0.29) is 5.56 Å². The number of halogens is 2. The van der Waals surface area contributed by atoms with Crippen LogP contribution in [0.2, 0.25) is 0 Å². The third-order valence-corrected chi connectivity index (χ3v) is 2.70. The maximum Gasteiger partial charge on any atom is 0.278 e. The Hall–Kier alpha value is -0.960. The van der Waals surface area contributed by atoms with Gasteiger partial charge in [0.1, 0.15) is 0 Å². The average Bonchev–Trinajstić information content (AvgIpc) is 2.00. The van der Waals surface area contributed by atoms with Crippen LogP contribution in [0.3, 0.4) is 0 Å². The second-order valence-corrected chi connectivity index (χ2v) is 3.85. The van der Waals surface area contributed by atoms with E-state index in [0.29, 0.717) is 13.1 Å². The summed E-state index contributed by atoms with van der Waals surface area (Å²) in [5.41, 5.74) is 1.03. The molecule has 1 aliphatic rings. The van der Waals surface area contributed by atoms with Gasteiger partial charge in [0.05, 0.1) is 5.92 Å². The lowest BCUT2D eigenvalue weighted by Crippen LogP contribution is -2.50. The summed E-state index contributed by atoms with van der Waals surface area (Å²) >= 11 is 0. The van der Waals surface area contributed by atoms with Crippen molar-refractivity contribution in [3.8, 4) is 0 Å². The fourth-order valence-electron chi connectivity index (χ4n) is 1.63. The van der Waals surface area contributed by atoms with E-state index in [1.165, 1.54) is 6.07 Å². The zero-order chi connectivity index (χ0) is 10.2. The average molecular weight is 197 g/mol. The first kappa shape index (κ1) is 9.59. The highest BCUT2D eigenvalue weighted by molar-refractivity contribution is 5.27. The molecule has 0 saturated carbocycles. The Labute approximate surface area is 82.1 Å². The zero-order valence-electron chi connectivity index (χ0n) is 8.06. The number of aryl methyl sites for hydroxylation is 1. The van der Waals surface area contributed by atoms with Gasteiger partial charge in [0, 0.05) is 18.7 Å². The maximum absolute atomic E-state index is 13.7. The summed E-state index contributed by atoms with van der Waals surface area (Å²) in [4.78, 5) is 0. The Balaban J connectivity index is 2.28. The van der Waals surface area contributed by atoms with Crippen molar-refractivity contribution in [1.29, 1.82) is 0 Å². The highest BCUT2D eigenvalue weighted by atomic mass is 19.3. The van der Waals surface area contributed by atoms with Gasteiger partial charge in [-0.15, -0.1) is 0 Å². The van der Waals surface area contributed by atoms with E-state index in [9.17, 15) is 8.78 Å². The summed E-state index contributed by atoms with van der Waals surface area (Å²) in [6.45, 7) is 2.67. The normalized spacial score (nSPS) is 17.9. The van der Waals surface area contributed by atoms with Crippen molar-refractivity contribution in [2.75, 3.05) is 13.1 Å². The molecule has 1 aromatic carbocycles. The molecule has 0 unspecified atom stereocenters. The van der Waals surface area contributed by atoms with Gasteiger partial charge >= 0.3 is 0 Å². The van der Waals surface area contributed by atoms with Gasteiger partial charge in [0.25, 0.3) is 5.92 Å². The molecule has 1 saturated heterocycles. The fourth-order valence-corrected chi connectivity index (χ4v) is 1.63. The third kappa shape index (κ3) is 1.52. The van der Waals surface area contributed by atoms with E-state index in [0.717, 1.165) is 5.56 Å². The standard InChI is InChI=1S/C11H13F2N/c1-8-3-2-4-9(5-8)11(12,13)10-6-14-7-10/h2-5,10,14H,6-7H2,1H3. The van der Waals surface area contributed by atoms with Crippen molar-refractivity contribution >= 4 is 0 Å². The molecule has 0 aliphatic carbocycles. The summed E-state index contributed by atoms with van der Waals surface area (Å²) in [6, 6.07) is 6.59. The zero-order valence-corrected chi connectivity index (χ0v) is 8.06. The Bertz CT molecular complexity index is 332. The SMILES string of the molecule is Cc1cccc(C(F)(F)C2CNC2)c1. The summed E-state index contributed by atoms with van der Waals surface area (Å²) in [5, 5.41) is 2.87. The predicted molar refractivity (Wildman–Crippen MR) is 51.4 cm³/mol. The van der Waals surface area contributed by atoms with E-state index in [1.54, 1.807) is 12.1 Å². The lowest BCUT2D eigenvalue weighted by atomic mass is 9.89. The Morgan fingerprint density at radius 2 is 2.07 bits per heavy atom. The van der Waals surface area contributed by atoms with Gasteiger partial charge in [-0.05, 0) is 6.92 Å². The summed E-state index contributed by atoms with van der Waals surface area (Å²) < 4.78 is 27.5. The van der Waals surface area contributed by atoms with Crippen LogP contribution in [0.15, 0.2) is 24.3 Å². The van der Waals surface area contributed by atoms with Gasteiger partial charge in [-0.25, -0.2) is 8.78 Å². The third-order valence-electron chi connectivity index (χ3n) is 2.70. The van der Waals surface area contributed by atoms with Gasteiger partial charge in [-0.1, -0.05) is 29.8 Å². The molecular formula is C11H13F2N. The highest BCUT2D eigenvalue weighted by Crippen LogP contribution is 2.38. The molecule has 76 valence electrons. The quantitative estimate of drug-likeness (QED) is 0.767. The summed E-state index contributed by atoms with van der Waals surface area (Å²) in [7, 11) is 0. The second-order valence-electron chi connectivity index (χ2n) is 3.85. The van der Waals surface area contributed by atoms with Crippen LogP contribution in [0.5, 0.6) is 0 Å². The predicted octanol–water partition coefficient (Wildman–Crippen LogP) is 2.31. The number of nitrogens with one attached hydrogen (secondary N) is 1. The minimum absolute atomic E-state index is 0.143. The Morgan fingerprint density at radius 1 is 1.36 bits per heavy atom. The van der Waals surface area contributed by atoms with E-state index >= 15 is 0 Å². The largest absolute Gasteiger partial charge is 0.316 e. The van der Waals surface area contributed by atoms with Gasteiger partial charge < -0.3 is 5.32 Å². The molecule has 1 nitrogen and oxygen atoms in total. The van der Waals surface area contributed by atoms with E-state index in [1.807, 2.05) is 13.0 Å². The first-order valence-corrected chi connectivity index (χ1v) is 4.76. The van der Waals surface area contributed by atoms with Crippen molar-refractivity contribution in [3.63, 3.8) is 0 Å². The minimum Gasteiger partial charge on any atom is -0.316 e. The van der Waals surface area contributed by atoms with Crippen molar-refractivity contribution < 1.29 is 8.78 Å². The fraction of sp³-hybridized carbons (Fsp3) is 0.455. The van der Waals surface area contributed by atoms with Crippen LogP contribution in [0, 0.1) is 12.8 Å². The van der Waals surface area contributed by atoms with Gasteiger partial charge in [0.15, 0.2) is 0 Å².